The normalized spacial score (nSPS) is 14.3. The van der Waals surface area contributed by atoms with Crippen LogP contribution in [0, 0.1) is 6.92 Å². The summed E-state index contributed by atoms with van der Waals surface area (Å²) in [6, 6.07) is 37.4. The molecule has 7 aromatic carbocycles. The largest absolute Gasteiger partial charge is 0.456 e. The summed E-state index contributed by atoms with van der Waals surface area (Å²) >= 11 is 0. The van der Waals surface area contributed by atoms with Crippen molar-refractivity contribution in [1.29, 1.82) is 0 Å². The summed E-state index contributed by atoms with van der Waals surface area (Å²) in [7, 11) is 0. The SMILES string of the molecule is Cc1nc(N2c3cc4ccccc4cc3C(C)(C)c3cc4c(cc32)oc2cc3c5ccccc5c5ccccc5c3cc24)nc(C(F)(F)F)n1. The van der Waals surface area contributed by atoms with Crippen LogP contribution in [0.1, 0.15) is 36.6 Å². The first-order valence-electron chi connectivity index (χ1n) is 16.4. The van der Waals surface area contributed by atoms with Gasteiger partial charge < -0.3 is 4.42 Å². The topological polar surface area (TPSA) is 55.1 Å². The van der Waals surface area contributed by atoms with Gasteiger partial charge in [-0.05, 0) is 91.5 Å². The Morgan fingerprint density at radius 1 is 0.560 bits per heavy atom. The molecule has 0 saturated heterocycles. The zero-order chi connectivity index (χ0) is 34.1. The average Bonchev–Trinajstić information content (AvgIpc) is 3.46. The molecule has 1 aliphatic rings. The monoisotopic (exact) mass is 660 g/mol. The van der Waals surface area contributed by atoms with Crippen LogP contribution in [0.4, 0.5) is 30.5 Å². The summed E-state index contributed by atoms with van der Waals surface area (Å²) in [6.45, 7) is 5.76. The fourth-order valence-electron chi connectivity index (χ4n) is 7.99. The van der Waals surface area contributed by atoms with E-state index in [2.05, 4.69) is 102 Å². The molecule has 50 heavy (non-hydrogen) atoms. The standard InChI is InChI=1S/C42H27F3N4O/c1-22-46-39(42(43,44)45)48-40(47-22)49-35-17-24-11-5-4-10-23(24)16-33(35)41(2,3)34-19-32-31-18-29-27-14-8-6-12-25(27)26-13-7-9-15-28(26)30(29)20-37(31)50-38(32)21-36(34)49/h4-21H,1-3H3. The predicted molar refractivity (Wildman–Crippen MR) is 194 cm³/mol. The average molecular weight is 661 g/mol. The lowest BCUT2D eigenvalue weighted by Crippen LogP contribution is -2.32. The van der Waals surface area contributed by atoms with Crippen molar-refractivity contribution in [3.63, 3.8) is 0 Å². The molecule has 0 atom stereocenters. The van der Waals surface area contributed by atoms with Gasteiger partial charge >= 0.3 is 6.18 Å². The molecule has 0 saturated carbocycles. The lowest BCUT2D eigenvalue weighted by molar-refractivity contribution is -0.145. The number of hydrogen-bond donors (Lipinski definition) is 0. The Labute approximate surface area is 283 Å². The van der Waals surface area contributed by atoms with Crippen molar-refractivity contribution < 1.29 is 17.6 Å². The van der Waals surface area contributed by atoms with E-state index in [4.69, 9.17) is 4.42 Å². The maximum absolute atomic E-state index is 14.1. The van der Waals surface area contributed by atoms with Crippen LogP contribution in [-0.2, 0) is 11.6 Å². The lowest BCUT2D eigenvalue weighted by atomic mass is 9.72. The summed E-state index contributed by atoms with van der Waals surface area (Å²) in [5.74, 6) is -1.35. The molecule has 0 aliphatic carbocycles. The number of rotatable bonds is 1. The van der Waals surface area contributed by atoms with Crippen molar-refractivity contribution in [2.24, 2.45) is 0 Å². The number of halogens is 3. The number of alkyl halides is 3. The number of furan rings is 1. The van der Waals surface area contributed by atoms with Crippen LogP contribution in [-0.4, -0.2) is 15.0 Å². The van der Waals surface area contributed by atoms with Gasteiger partial charge in [0.05, 0.1) is 11.4 Å². The molecule has 0 spiro atoms. The van der Waals surface area contributed by atoms with Gasteiger partial charge in [0.1, 0.15) is 17.0 Å². The maximum atomic E-state index is 14.1. The number of benzene rings is 7. The van der Waals surface area contributed by atoms with Gasteiger partial charge in [-0.1, -0.05) is 86.6 Å². The molecule has 8 heteroatoms. The quantitative estimate of drug-likeness (QED) is 0.164. The second-order valence-electron chi connectivity index (χ2n) is 13.6. The summed E-state index contributed by atoms with van der Waals surface area (Å²) in [6.07, 6.45) is -4.74. The zero-order valence-electron chi connectivity index (χ0n) is 27.2. The first-order chi connectivity index (χ1) is 24.1. The van der Waals surface area contributed by atoms with Crippen molar-refractivity contribution in [1.82, 2.24) is 15.0 Å². The summed E-state index contributed by atoms with van der Waals surface area (Å²) < 4.78 is 48.9. The molecular weight excluding hydrogens is 633 g/mol. The molecule has 9 aromatic rings. The third kappa shape index (κ3) is 3.99. The highest BCUT2D eigenvalue weighted by Gasteiger charge is 2.41. The number of aryl methyl sites for hydroxylation is 1. The molecule has 0 radical (unpaired) electrons. The molecule has 10 rings (SSSR count). The van der Waals surface area contributed by atoms with Gasteiger partial charge in [0.25, 0.3) is 0 Å². The Morgan fingerprint density at radius 2 is 1.08 bits per heavy atom. The van der Waals surface area contributed by atoms with Gasteiger partial charge in [0, 0.05) is 22.3 Å². The fraction of sp³-hybridized carbons (Fsp3) is 0.119. The van der Waals surface area contributed by atoms with E-state index >= 15 is 0 Å². The number of fused-ring (bicyclic) bond motifs is 12. The minimum absolute atomic E-state index is 0.0213. The first-order valence-corrected chi connectivity index (χ1v) is 16.4. The van der Waals surface area contributed by atoms with E-state index in [-0.39, 0.29) is 11.8 Å². The number of anilines is 3. The minimum atomic E-state index is -4.74. The fourth-order valence-corrected chi connectivity index (χ4v) is 7.99. The van der Waals surface area contributed by atoms with E-state index in [9.17, 15) is 13.2 Å². The van der Waals surface area contributed by atoms with Crippen LogP contribution in [0.15, 0.2) is 114 Å². The maximum Gasteiger partial charge on any atom is 0.451 e. The number of nitrogens with zero attached hydrogens (tertiary/aromatic N) is 4. The Balaban J connectivity index is 1.31. The smallest absolute Gasteiger partial charge is 0.451 e. The van der Waals surface area contributed by atoms with Crippen LogP contribution < -0.4 is 4.90 Å². The van der Waals surface area contributed by atoms with Crippen LogP contribution in [0.25, 0.3) is 65.0 Å². The molecule has 0 fully saturated rings. The third-order valence-corrected chi connectivity index (χ3v) is 10.3. The minimum Gasteiger partial charge on any atom is -0.456 e. The van der Waals surface area contributed by atoms with Gasteiger partial charge in [0.15, 0.2) is 0 Å². The molecule has 0 amide bonds. The van der Waals surface area contributed by atoms with E-state index < -0.39 is 17.4 Å². The van der Waals surface area contributed by atoms with E-state index in [1.165, 1.54) is 17.7 Å². The van der Waals surface area contributed by atoms with Crippen LogP contribution in [0.2, 0.25) is 0 Å². The Hall–Kier alpha value is -6.02. The molecule has 2 aromatic heterocycles. The van der Waals surface area contributed by atoms with Crippen LogP contribution >= 0.6 is 0 Å². The molecular formula is C42H27F3N4O. The Kier molecular flexibility index (Phi) is 5.66. The highest BCUT2D eigenvalue weighted by molar-refractivity contribution is 6.28. The number of aromatic nitrogens is 3. The van der Waals surface area contributed by atoms with Crippen molar-refractivity contribution in [3.05, 3.63) is 132 Å². The van der Waals surface area contributed by atoms with Crippen molar-refractivity contribution in [3.8, 4) is 0 Å². The summed E-state index contributed by atoms with van der Waals surface area (Å²) in [4.78, 5) is 13.9. The van der Waals surface area contributed by atoms with Gasteiger partial charge in [-0.2, -0.15) is 23.1 Å². The molecule has 3 heterocycles. The third-order valence-electron chi connectivity index (χ3n) is 10.3. The number of hydrogen-bond acceptors (Lipinski definition) is 5. The van der Waals surface area contributed by atoms with E-state index in [1.807, 2.05) is 36.4 Å². The molecule has 5 nitrogen and oxygen atoms in total. The Morgan fingerprint density at radius 3 is 1.74 bits per heavy atom. The van der Waals surface area contributed by atoms with Crippen LogP contribution in [0.5, 0.6) is 0 Å². The molecule has 0 bridgehead atoms. The molecule has 242 valence electrons. The Bertz CT molecular complexity index is 2930. The van der Waals surface area contributed by atoms with E-state index in [0.29, 0.717) is 17.0 Å². The van der Waals surface area contributed by atoms with Crippen molar-refractivity contribution in [2.45, 2.75) is 32.4 Å². The van der Waals surface area contributed by atoms with E-state index in [0.717, 1.165) is 59.8 Å². The first kappa shape index (κ1) is 28.9. The lowest BCUT2D eigenvalue weighted by Gasteiger charge is -2.41. The van der Waals surface area contributed by atoms with Gasteiger partial charge in [-0.25, -0.2) is 4.98 Å². The van der Waals surface area contributed by atoms with Crippen LogP contribution in [0.3, 0.4) is 0 Å². The van der Waals surface area contributed by atoms with Gasteiger partial charge in [-0.3, -0.25) is 4.90 Å². The summed E-state index contributed by atoms with van der Waals surface area (Å²) in [5.41, 5.74) is 4.05. The van der Waals surface area contributed by atoms with Crippen molar-refractivity contribution >= 4 is 82.4 Å². The highest BCUT2D eigenvalue weighted by Crippen LogP contribution is 2.54. The highest BCUT2D eigenvalue weighted by atomic mass is 19.4. The van der Waals surface area contributed by atoms with Crippen molar-refractivity contribution in [2.75, 3.05) is 4.90 Å². The molecule has 0 unspecified atom stereocenters. The molecule has 1 aliphatic heterocycles. The summed E-state index contributed by atoms with van der Waals surface area (Å²) in [5, 5.41) is 10.8. The second kappa shape index (κ2) is 9.79. The van der Waals surface area contributed by atoms with Gasteiger partial charge in [0.2, 0.25) is 11.8 Å². The zero-order valence-corrected chi connectivity index (χ0v) is 27.2. The predicted octanol–water partition coefficient (Wildman–Crippen LogP) is 11.8. The second-order valence-corrected chi connectivity index (χ2v) is 13.6. The van der Waals surface area contributed by atoms with E-state index in [1.54, 1.807) is 4.90 Å². The van der Waals surface area contributed by atoms with Gasteiger partial charge in [-0.15, -0.1) is 0 Å². The molecule has 0 N–H and O–H groups in total.